The highest BCUT2D eigenvalue weighted by Crippen LogP contribution is 2.22. The summed E-state index contributed by atoms with van der Waals surface area (Å²) in [5.41, 5.74) is 0.559. The summed E-state index contributed by atoms with van der Waals surface area (Å²) >= 11 is 0. The van der Waals surface area contributed by atoms with Crippen LogP contribution in [-0.4, -0.2) is 5.78 Å². The van der Waals surface area contributed by atoms with E-state index in [0.29, 0.717) is 12.0 Å². The summed E-state index contributed by atoms with van der Waals surface area (Å²) in [5.74, 6) is -0.107. The average molecular weight is 154 g/mol. The minimum atomic E-state index is -0.122. The lowest BCUT2D eigenvalue weighted by atomic mass is 10.0. The van der Waals surface area contributed by atoms with Crippen LogP contribution in [0.5, 0.6) is 0 Å². The molecule has 0 bridgehead atoms. The topological polar surface area (TPSA) is 17.1 Å². The van der Waals surface area contributed by atoms with Gasteiger partial charge in [0.05, 0.1) is 0 Å². The van der Waals surface area contributed by atoms with Gasteiger partial charge in [0.1, 0.15) is 11.6 Å². The van der Waals surface area contributed by atoms with E-state index < -0.39 is 0 Å². The fourth-order valence-corrected chi connectivity index (χ4v) is 1.11. The maximum atomic E-state index is 12.9. The van der Waals surface area contributed by atoms with Crippen LogP contribution in [0.4, 0.5) is 4.39 Å². The van der Waals surface area contributed by atoms with Gasteiger partial charge >= 0.3 is 0 Å². The van der Waals surface area contributed by atoms with Crippen molar-refractivity contribution in [2.24, 2.45) is 0 Å². The summed E-state index contributed by atoms with van der Waals surface area (Å²) in [6.45, 7) is 1.47. The Morgan fingerprint density at radius 1 is 1.73 bits per heavy atom. The summed E-state index contributed by atoms with van der Waals surface area (Å²) < 4.78 is 12.9. The SMILES string of the molecule is CC(=O)CC1=C(F)CCC=C1. The third-order valence-corrected chi connectivity index (χ3v) is 1.64. The lowest BCUT2D eigenvalue weighted by molar-refractivity contribution is -0.116. The van der Waals surface area contributed by atoms with Crippen molar-refractivity contribution in [3.05, 3.63) is 23.6 Å². The van der Waals surface area contributed by atoms with Crippen LogP contribution in [0.1, 0.15) is 26.2 Å². The van der Waals surface area contributed by atoms with Crippen molar-refractivity contribution in [3.8, 4) is 0 Å². The summed E-state index contributed by atoms with van der Waals surface area (Å²) in [6, 6.07) is 0. The molecule has 11 heavy (non-hydrogen) atoms. The van der Waals surface area contributed by atoms with Crippen LogP contribution in [0, 0.1) is 0 Å². The van der Waals surface area contributed by atoms with Gasteiger partial charge in [-0.25, -0.2) is 4.39 Å². The van der Waals surface area contributed by atoms with Gasteiger partial charge in [-0.05, 0) is 18.9 Å². The van der Waals surface area contributed by atoms with Crippen LogP contribution >= 0.6 is 0 Å². The van der Waals surface area contributed by atoms with Gasteiger partial charge in [-0.15, -0.1) is 0 Å². The Balaban J connectivity index is 2.68. The van der Waals surface area contributed by atoms with E-state index in [4.69, 9.17) is 0 Å². The zero-order chi connectivity index (χ0) is 8.27. The molecule has 0 N–H and O–H groups in total. The number of hydrogen-bond acceptors (Lipinski definition) is 1. The van der Waals surface area contributed by atoms with Crippen molar-refractivity contribution in [1.82, 2.24) is 0 Å². The number of carbonyl (C=O) groups is 1. The first-order chi connectivity index (χ1) is 5.20. The molecular weight excluding hydrogens is 143 g/mol. The Kier molecular flexibility index (Phi) is 2.58. The molecular formula is C9H11FO. The van der Waals surface area contributed by atoms with Crippen LogP contribution in [0.25, 0.3) is 0 Å². The first-order valence-corrected chi connectivity index (χ1v) is 3.73. The smallest absolute Gasteiger partial charge is 0.134 e. The molecule has 0 fully saturated rings. The molecule has 1 aliphatic carbocycles. The van der Waals surface area contributed by atoms with Gasteiger partial charge in [0.15, 0.2) is 0 Å². The van der Waals surface area contributed by atoms with Crippen LogP contribution in [0.3, 0.4) is 0 Å². The first-order valence-electron chi connectivity index (χ1n) is 3.73. The molecule has 1 aliphatic rings. The molecule has 0 atom stereocenters. The standard InChI is InChI=1S/C9H11FO/c1-7(11)6-8-4-2-3-5-9(8)10/h2,4H,3,5-6H2,1H3. The normalized spacial score (nSPS) is 17.3. The number of allylic oxidation sites excluding steroid dienone is 4. The van der Waals surface area contributed by atoms with Gasteiger partial charge in [-0.3, -0.25) is 4.79 Å². The highest BCUT2D eigenvalue weighted by atomic mass is 19.1. The summed E-state index contributed by atoms with van der Waals surface area (Å²) in [5, 5.41) is 0. The molecule has 0 aromatic rings. The van der Waals surface area contributed by atoms with Crippen molar-refractivity contribution < 1.29 is 9.18 Å². The minimum absolute atomic E-state index is 0.0155. The molecule has 0 unspecified atom stereocenters. The van der Waals surface area contributed by atoms with Gasteiger partial charge < -0.3 is 0 Å². The van der Waals surface area contributed by atoms with Gasteiger partial charge in [-0.1, -0.05) is 12.2 Å². The van der Waals surface area contributed by atoms with Gasteiger partial charge in [0.25, 0.3) is 0 Å². The monoisotopic (exact) mass is 154 g/mol. The van der Waals surface area contributed by atoms with E-state index in [1.165, 1.54) is 6.92 Å². The van der Waals surface area contributed by atoms with Crippen LogP contribution < -0.4 is 0 Å². The van der Waals surface area contributed by atoms with Crippen molar-refractivity contribution >= 4 is 5.78 Å². The molecule has 0 aliphatic heterocycles. The van der Waals surface area contributed by atoms with Crippen molar-refractivity contribution in [2.45, 2.75) is 26.2 Å². The van der Waals surface area contributed by atoms with E-state index in [0.717, 1.165) is 6.42 Å². The number of halogens is 1. The number of Topliss-reactive ketones (excluding diaryl/α,β-unsaturated/α-hetero) is 1. The maximum Gasteiger partial charge on any atom is 0.134 e. The highest BCUT2D eigenvalue weighted by Gasteiger charge is 2.08. The van der Waals surface area contributed by atoms with E-state index in [2.05, 4.69) is 0 Å². The summed E-state index contributed by atoms with van der Waals surface area (Å²) in [7, 11) is 0. The zero-order valence-electron chi connectivity index (χ0n) is 6.56. The molecule has 60 valence electrons. The van der Waals surface area contributed by atoms with E-state index >= 15 is 0 Å². The fourth-order valence-electron chi connectivity index (χ4n) is 1.11. The Morgan fingerprint density at radius 3 is 3.00 bits per heavy atom. The van der Waals surface area contributed by atoms with E-state index in [1.54, 1.807) is 6.08 Å². The minimum Gasteiger partial charge on any atom is -0.300 e. The molecule has 2 heteroatoms. The number of hydrogen-bond donors (Lipinski definition) is 0. The predicted molar refractivity (Wildman–Crippen MR) is 41.8 cm³/mol. The Labute approximate surface area is 65.6 Å². The molecule has 0 heterocycles. The van der Waals surface area contributed by atoms with Crippen LogP contribution in [0.2, 0.25) is 0 Å². The Bertz CT molecular complexity index is 226. The quantitative estimate of drug-likeness (QED) is 0.597. The van der Waals surface area contributed by atoms with Crippen molar-refractivity contribution in [1.29, 1.82) is 0 Å². The fraction of sp³-hybridized carbons (Fsp3) is 0.444. The third kappa shape index (κ3) is 2.30. The molecule has 0 saturated carbocycles. The Morgan fingerprint density at radius 2 is 2.45 bits per heavy atom. The van der Waals surface area contributed by atoms with E-state index in [9.17, 15) is 9.18 Å². The molecule has 0 radical (unpaired) electrons. The lowest BCUT2D eigenvalue weighted by Gasteiger charge is -2.06. The van der Waals surface area contributed by atoms with Crippen molar-refractivity contribution in [3.63, 3.8) is 0 Å². The average Bonchev–Trinajstić information content (AvgIpc) is 1.93. The molecule has 1 nitrogen and oxygen atoms in total. The molecule has 0 aromatic carbocycles. The molecule has 1 rings (SSSR count). The molecule has 0 spiro atoms. The third-order valence-electron chi connectivity index (χ3n) is 1.64. The number of carbonyl (C=O) groups excluding carboxylic acids is 1. The second kappa shape index (κ2) is 3.46. The molecule has 0 saturated heterocycles. The Hall–Kier alpha value is -0.920. The molecule has 0 aromatic heterocycles. The number of ketones is 1. The van der Waals surface area contributed by atoms with E-state index in [1.807, 2.05) is 6.08 Å². The van der Waals surface area contributed by atoms with Crippen molar-refractivity contribution in [2.75, 3.05) is 0 Å². The number of rotatable bonds is 2. The zero-order valence-corrected chi connectivity index (χ0v) is 6.56. The van der Waals surface area contributed by atoms with E-state index in [-0.39, 0.29) is 18.0 Å². The predicted octanol–water partition coefficient (Wildman–Crippen LogP) is 2.54. The second-order valence-electron chi connectivity index (χ2n) is 2.75. The van der Waals surface area contributed by atoms with Gasteiger partial charge in [-0.2, -0.15) is 0 Å². The maximum absolute atomic E-state index is 12.9. The van der Waals surface area contributed by atoms with Crippen LogP contribution in [-0.2, 0) is 4.79 Å². The first kappa shape index (κ1) is 8.18. The highest BCUT2D eigenvalue weighted by molar-refractivity contribution is 5.79. The second-order valence-corrected chi connectivity index (χ2v) is 2.75. The lowest BCUT2D eigenvalue weighted by Crippen LogP contribution is -1.96. The van der Waals surface area contributed by atoms with Gasteiger partial charge in [0.2, 0.25) is 0 Å². The van der Waals surface area contributed by atoms with Gasteiger partial charge in [0, 0.05) is 12.8 Å². The largest absolute Gasteiger partial charge is 0.300 e. The summed E-state index contributed by atoms with van der Waals surface area (Å²) in [6.07, 6.45) is 5.07. The van der Waals surface area contributed by atoms with Crippen LogP contribution in [0.15, 0.2) is 23.6 Å². The summed E-state index contributed by atoms with van der Waals surface area (Å²) in [4.78, 5) is 10.6. The molecule has 0 amide bonds.